The lowest BCUT2D eigenvalue weighted by molar-refractivity contribution is 0.240. The Kier molecular flexibility index (Phi) is 8.30. The summed E-state index contributed by atoms with van der Waals surface area (Å²) in [6.45, 7) is 5.08. The molecule has 0 aliphatic rings. The Balaban J connectivity index is 2.55. The van der Waals surface area contributed by atoms with Crippen molar-refractivity contribution in [3.8, 4) is 0 Å². The summed E-state index contributed by atoms with van der Waals surface area (Å²) >= 11 is 1.90. The first-order valence-electron chi connectivity index (χ1n) is 7.62. The van der Waals surface area contributed by atoms with Crippen LogP contribution >= 0.6 is 11.8 Å². The number of rotatable bonds is 9. The van der Waals surface area contributed by atoms with Gasteiger partial charge < -0.3 is 10.2 Å². The summed E-state index contributed by atoms with van der Waals surface area (Å²) in [7, 11) is 4.12. The van der Waals surface area contributed by atoms with Gasteiger partial charge in [0.1, 0.15) is 5.82 Å². The van der Waals surface area contributed by atoms with E-state index in [1.165, 1.54) is 12.2 Å². The third-order valence-corrected chi connectivity index (χ3v) is 4.85. The molecule has 0 heterocycles. The van der Waals surface area contributed by atoms with Crippen molar-refractivity contribution < 1.29 is 4.39 Å². The smallest absolute Gasteiger partial charge is 0.126 e. The number of nitrogens with zero attached hydrogens (tertiary/aromatic N) is 1. The van der Waals surface area contributed by atoms with Gasteiger partial charge in [-0.1, -0.05) is 12.1 Å². The third-order valence-electron chi connectivity index (χ3n) is 4.21. The number of aryl methyl sites for hydroxylation is 1. The van der Waals surface area contributed by atoms with Gasteiger partial charge in [0, 0.05) is 12.1 Å². The average molecular weight is 312 g/mol. The van der Waals surface area contributed by atoms with Gasteiger partial charge in [-0.2, -0.15) is 11.8 Å². The highest BCUT2D eigenvalue weighted by Crippen LogP contribution is 2.20. The Morgan fingerprint density at radius 1 is 1.33 bits per heavy atom. The highest BCUT2D eigenvalue weighted by molar-refractivity contribution is 7.98. The molecule has 4 heteroatoms. The van der Waals surface area contributed by atoms with Gasteiger partial charge in [-0.15, -0.1) is 0 Å². The molecule has 2 atom stereocenters. The molecule has 1 N–H and O–H groups in total. The molecule has 2 nitrogen and oxygen atoms in total. The maximum absolute atomic E-state index is 13.7. The predicted molar refractivity (Wildman–Crippen MR) is 92.6 cm³/mol. The van der Waals surface area contributed by atoms with Crippen molar-refractivity contribution >= 4 is 11.8 Å². The van der Waals surface area contributed by atoms with Gasteiger partial charge in [0.2, 0.25) is 0 Å². The number of halogens is 1. The zero-order chi connectivity index (χ0) is 15.8. The fourth-order valence-electron chi connectivity index (χ4n) is 2.37. The molecule has 0 spiro atoms. The molecule has 0 aliphatic heterocycles. The molecule has 1 aromatic rings. The fourth-order valence-corrected chi connectivity index (χ4v) is 2.94. The molecular formula is C17H29FN2S. The van der Waals surface area contributed by atoms with Gasteiger partial charge in [-0.25, -0.2) is 4.39 Å². The summed E-state index contributed by atoms with van der Waals surface area (Å²) in [5.41, 5.74) is 1.74. The molecule has 0 aromatic heterocycles. The van der Waals surface area contributed by atoms with Gasteiger partial charge in [0.05, 0.1) is 0 Å². The van der Waals surface area contributed by atoms with Crippen molar-refractivity contribution in [2.24, 2.45) is 0 Å². The van der Waals surface area contributed by atoms with Crippen molar-refractivity contribution in [3.05, 3.63) is 35.1 Å². The molecule has 0 aliphatic carbocycles. The Bertz CT molecular complexity index is 425. The lowest BCUT2D eigenvalue weighted by Crippen LogP contribution is -2.32. The van der Waals surface area contributed by atoms with E-state index in [9.17, 15) is 4.39 Å². The molecule has 21 heavy (non-hydrogen) atoms. The van der Waals surface area contributed by atoms with E-state index in [0.717, 1.165) is 18.5 Å². The monoisotopic (exact) mass is 312 g/mol. The van der Waals surface area contributed by atoms with Gasteiger partial charge in [0.15, 0.2) is 0 Å². The first kappa shape index (κ1) is 18.5. The lowest BCUT2D eigenvalue weighted by atomic mass is 10.0. The Morgan fingerprint density at radius 2 is 2.05 bits per heavy atom. The number of thioether (sulfide) groups is 1. The normalized spacial score (nSPS) is 14.4. The molecule has 1 rings (SSSR count). The number of hydrogen-bond acceptors (Lipinski definition) is 3. The molecule has 1 aromatic carbocycles. The van der Waals surface area contributed by atoms with Crippen molar-refractivity contribution in [2.75, 3.05) is 32.6 Å². The van der Waals surface area contributed by atoms with E-state index < -0.39 is 0 Å². The van der Waals surface area contributed by atoms with Gasteiger partial charge in [-0.05, 0) is 76.5 Å². The van der Waals surface area contributed by atoms with Crippen LogP contribution in [0.4, 0.5) is 4.39 Å². The molecule has 0 fully saturated rings. The second-order valence-corrected chi connectivity index (χ2v) is 6.74. The van der Waals surface area contributed by atoms with Crippen molar-refractivity contribution in [1.82, 2.24) is 10.2 Å². The van der Waals surface area contributed by atoms with E-state index in [1.807, 2.05) is 30.9 Å². The van der Waals surface area contributed by atoms with E-state index in [1.54, 1.807) is 13.0 Å². The zero-order valence-corrected chi connectivity index (χ0v) is 14.8. The number of nitrogens with one attached hydrogen (secondary N) is 1. The molecule has 120 valence electrons. The van der Waals surface area contributed by atoms with Crippen LogP contribution in [0.1, 0.15) is 36.9 Å². The highest BCUT2D eigenvalue weighted by Gasteiger charge is 2.14. The maximum atomic E-state index is 13.7. The molecule has 0 saturated carbocycles. The first-order valence-corrected chi connectivity index (χ1v) is 9.01. The molecule has 0 saturated heterocycles. The summed E-state index contributed by atoms with van der Waals surface area (Å²) < 4.78 is 13.7. The van der Waals surface area contributed by atoms with E-state index in [4.69, 9.17) is 0 Å². The topological polar surface area (TPSA) is 15.3 Å². The second kappa shape index (κ2) is 9.44. The van der Waals surface area contributed by atoms with Crippen LogP contribution in [0.15, 0.2) is 18.2 Å². The minimum absolute atomic E-state index is 0.116. The van der Waals surface area contributed by atoms with Crippen LogP contribution in [0.2, 0.25) is 0 Å². The van der Waals surface area contributed by atoms with E-state index in [2.05, 4.69) is 30.4 Å². The van der Waals surface area contributed by atoms with Crippen LogP contribution in [-0.2, 0) is 0 Å². The van der Waals surface area contributed by atoms with Gasteiger partial charge >= 0.3 is 0 Å². The minimum Gasteiger partial charge on any atom is -0.313 e. The highest BCUT2D eigenvalue weighted by atomic mass is 32.2. The van der Waals surface area contributed by atoms with Crippen molar-refractivity contribution in [1.29, 1.82) is 0 Å². The molecule has 0 amide bonds. The number of hydrogen-bond donors (Lipinski definition) is 1. The Morgan fingerprint density at radius 3 is 2.62 bits per heavy atom. The summed E-state index contributed by atoms with van der Waals surface area (Å²) in [5.74, 6) is 1.08. The SMILES string of the molecule is CNC(CCN(C)C(C)CCSC)c1ccc(C)c(F)c1. The van der Waals surface area contributed by atoms with Gasteiger partial charge in [0.25, 0.3) is 0 Å². The van der Waals surface area contributed by atoms with Crippen molar-refractivity contribution in [3.63, 3.8) is 0 Å². The summed E-state index contributed by atoms with van der Waals surface area (Å²) in [4.78, 5) is 2.39. The van der Waals surface area contributed by atoms with Crippen LogP contribution < -0.4 is 5.32 Å². The van der Waals surface area contributed by atoms with Crippen LogP contribution in [0.5, 0.6) is 0 Å². The zero-order valence-electron chi connectivity index (χ0n) is 13.9. The minimum atomic E-state index is -0.116. The van der Waals surface area contributed by atoms with Gasteiger partial charge in [-0.3, -0.25) is 0 Å². The Labute approximate surface area is 133 Å². The summed E-state index contributed by atoms with van der Waals surface area (Å²) in [5, 5.41) is 3.31. The molecular weight excluding hydrogens is 283 g/mol. The van der Waals surface area contributed by atoms with Crippen LogP contribution in [0, 0.1) is 12.7 Å². The number of benzene rings is 1. The molecule has 0 radical (unpaired) electrons. The predicted octanol–water partition coefficient (Wildman–Crippen LogP) is 3.86. The lowest BCUT2D eigenvalue weighted by Gasteiger charge is -2.27. The van der Waals surface area contributed by atoms with Crippen molar-refractivity contribution in [2.45, 2.75) is 38.8 Å². The quantitative estimate of drug-likeness (QED) is 0.745. The van der Waals surface area contributed by atoms with Crippen LogP contribution in [0.25, 0.3) is 0 Å². The largest absolute Gasteiger partial charge is 0.313 e. The van der Waals surface area contributed by atoms with E-state index >= 15 is 0 Å². The van der Waals surface area contributed by atoms with E-state index in [-0.39, 0.29) is 11.9 Å². The third kappa shape index (κ3) is 5.97. The first-order chi connectivity index (χ1) is 9.99. The molecule has 2 unspecified atom stereocenters. The Hall–Kier alpha value is -0.580. The molecule has 0 bridgehead atoms. The standard InChI is InChI=1S/C17H29FN2S/c1-13-6-7-15(12-16(13)18)17(19-3)8-10-20(4)14(2)9-11-21-5/h6-7,12,14,17,19H,8-11H2,1-5H3. The summed E-state index contributed by atoms with van der Waals surface area (Å²) in [6, 6.07) is 6.34. The van der Waals surface area contributed by atoms with E-state index in [0.29, 0.717) is 11.6 Å². The maximum Gasteiger partial charge on any atom is 0.126 e. The van der Waals surface area contributed by atoms with Crippen LogP contribution in [0.3, 0.4) is 0 Å². The van der Waals surface area contributed by atoms with Crippen LogP contribution in [-0.4, -0.2) is 43.6 Å². The fraction of sp³-hybridized carbons (Fsp3) is 0.647. The second-order valence-electron chi connectivity index (χ2n) is 5.75. The average Bonchev–Trinajstić information content (AvgIpc) is 2.48. The summed E-state index contributed by atoms with van der Waals surface area (Å²) in [6.07, 6.45) is 4.34.